The van der Waals surface area contributed by atoms with E-state index in [1.807, 2.05) is 18.2 Å². The molecule has 5 rings (SSSR count). The Hall–Kier alpha value is -2.90. The molecule has 0 aliphatic carbocycles. The van der Waals surface area contributed by atoms with Crippen LogP contribution in [0.2, 0.25) is 0 Å². The van der Waals surface area contributed by atoms with Gasteiger partial charge in [0.15, 0.2) is 0 Å². The third kappa shape index (κ3) is 4.00. The number of benzene rings is 5. The summed E-state index contributed by atoms with van der Waals surface area (Å²) in [5, 5.41) is 6.15. The van der Waals surface area contributed by atoms with Crippen molar-refractivity contribution in [3.8, 4) is 11.1 Å². The highest BCUT2D eigenvalue weighted by Gasteiger charge is 2.06. The van der Waals surface area contributed by atoms with Crippen LogP contribution in [0.5, 0.6) is 0 Å². The second kappa shape index (κ2) is 8.86. The van der Waals surface area contributed by atoms with Gasteiger partial charge < -0.3 is 0 Å². The summed E-state index contributed by atoms with van der Waals surface area (Å²) in [5.74, 6) is 0. The SMILES string of the molecule is BrCc1ccccc1.c1ccc2c(-c3cccc4ccccc34)cccc2c1. The van der Waals surface area contributed by atoms with Crippen molar-refractivity contribution in [1.82, 2.24) is 0 Å². The molecule has 0 aliphatic rings. The van der Waals surface area contributed by atoms with Crippen molar-refractivity contribution in [2.45, 2.75) is 5.33 Å². The van der Waals surface area contributed by atoms with Gasteiger partial charge >= 0.3 is 0 Å². The topological polar surface area (TPSA) is 0 Å². The minimum absolute atomic E-state index is 0.952. The van der Waals surface area contributed by atoms with E-state index in [4.69, 9.17) is 0 Å². The second-order valence-corrected chi connectivity index (χ2v) is 7.23. The zero-order valence-corrected chi connectivity index (χ0v) is 17.1. The molecule has 0 atom stereocenters. The Balaban J connectivity index is 0.000000203. The molecule has 0 saturated heterocycles. The van der Waals surface area contributed by atoms with Crippen LogP contribution in [-0.2, 0) is 5.33 Å². The molecule has 0 unspecified atom stereocenters. The van der Waals surface area contributed by atoms with Gasteiger partial charge in [0.05, 0.1) is 0 Å². The van der Waals surface area contributed by atoms with E-state index in [1.54, 1.807) is 0 Å². The van der Waals surface area contributed by atoms with Gasteiger partial charge in [-0.15, -0.1) is 0 Å². The van der Waals surface area contributed by atoms with Gasteiger partial charge in [-0.05, 0) is 38.2 Å². The van der Waals surface area contributed by atoms with Crippen LogP contribution in [-0.4, -0.2) is 0 Å². The Bertz CT molecular complexity index is 1100. The van der Waals surface area contributed by atoms with E-state index in [0.29, 0.717) is 0 Å². The molecule has 5 aromatic carbocycles. The van der Waals surface area contributed by atoms with Crippen LogP contribution in [0.4, 0.5) is 0 Å². The highest BCUT2D eigenvalue weighted by Crippen LogP contribution is 2.33. The minimum atomic E-state index is 0.952. The zero-order chi connectivity index (χ0) is 19.2. The molecule has 0 amide bonds. The van der Waals surface area contributed by atoms with Gasteiger partial charge in [0.1, 0.15) is 0 Å². The molecule has 0 heterocycles. The number of hydrogen-bond donors (Lipinski definition) is 0. The summed E-state index contributed by atoms with van der Waals surface area (Å²) < 4.78 is 0. The lowest BCUT2D eigenvalue weighted by Crippen LogP contribution is -1.83. The predicted octanol–water partition coefficient (Wildman–Crippen LogP) is 8.24. The normalized spacial score (nSPS) is 10.5. The molecule has 0 spiro atoms. The first kappa shape index (κ1) is 18.5. The highest BCUT2D eigenvalue weighted by molar-refractivity contribution is 9.08. The molecular weight excluding hydrogens is 404 g/mol. The van der Waals surface area contributed by atoms with Crippen molar-refractivity contribution in [1.29, 1.82) is 0 Å². The predicted molar refractivity (Wildman–Crippen MR) is 126 cm³/mol. The van der Waals surface area contributed by atoms with E-state index in [2.05, 4.69) is 113 Å². The van der Waals surface area contributed by atoms with Gasteiger partial charge in [-0.25, -0.2) is 0 Å². The Labute approximate surface area is 174 Å². The van der Waals surface area contributed by atoms with Gasteiger partial charge in [-0.2, -0.15) is 0 Å². The lowest BCUT2D eigenvalue weighted by atomic mass is 9.94. The molecule has 0 saturated carbocycles. The summed E-state index contributed by atoms with van der Waals surface area (Å²) in [4.78, 5) is 0. The maximum Gasteiger partial charge on any atom is 0.0283 e. The van der Waals surface area contributed by atoms with Gasteiger partial charge in [0.2, 0.25) is 0 Å². The monoisotopic (exact) mass is 424 g/mol. The molecule has 0 bridgehead atoms. The average molecular weight is 425 g/mol. The van der Waals surface area contributed by atoms with Crippen LogP contribution in [0.3, 0.4) is 0 Å². The molecule has 5 aromatic rings. The Kier molecular flexibility index (Phi) is 5.84. The van der Waals surface area contributed by atoms with Crippen molar-refractivity contribution in [2.75, 3.05) is 0 Å². The molecule has 28 heavy (non-hydrogen) atoms. The second-order valence-electron chi connectivity index (χ2n) is 6.67. The smallest absolute Gasteiger partial charge is 0.0283 e. The number of fused-ring (bicyclic) bond motifs is 2. The quantitative estimate of drug-likeness (QED) is 0.250. The first-order chi connectivity index (χ1) is 13.9. The molecular formula is C27H21Br. The van der Waals surface area contributed by atoms with Crippen molar-refractivity contribution >= 4 is 37.5 Å². The number of hydrogen-bond acceptors (Lipinski definition) is 0. The lowest BCUT2D eigenvalue weighted by Gasteiger charge is -2.10. The van der Waals surface area contributed by atoms with Gasteiger partial charge in [-0.3, -0.25) is 0 Å². The first-order valence-electron chi connectivity index (χ1n) is 9.42. The summed E-state index contributed by atoms with van der Waals surface area (Å²) in [7, 11) is 0. The van der Waals surface area contributed by atoms with Crippen molar-refractivity contribution in [3.05, 3.63) is 121 Å². The van der Waals surface area contributed by atoms with Crippen LogP contribution in [0.15, 0.2) is 115 Å². The minimum Gasteiger partial charge on any atom is -0.0876 e. The number of rotatable bonds is 2. The Morgan fingerprint density at radius 3 is 1.32 bits per heavy atom. The summed E-state index contributed by atoms with van der Waals surface area (Å²) in [6.07, 6.45) is 0. The van der Waals surface area contributed by atoms with E-state index in [1.165, 1.54) is 38.2 Å². The van der Waals surface area contributed by atoms with Gasteiger partial charge in [-0.1, -0.05) is 131 Å². The first-order valence-corrected chi connectivity index (χ1v) is 10.5. The standard InChI is InChI=1S/C20H14.C7H7Br/c1-3-11-17-15(7-1)9-5-13-19(17)20-14-6-10-16-8-2-4-12-18(16)20;8-6-7-4-2-1-3-5-7/h1-14H;1-5H,6H2. The van der Waals surface area contributed by atoms with E-state index in [9.17, 15) is 0 Å². The van der Waals surface area contributed by atoms with E-state index in [-0.39, 0.29) is 0 Å². The molecule has 0 aliphatic heterocycles. The molecule has 0 nitrogen and oxygen atoms in total. The van der Waals surface area contributed by atoms with Crippen molar-refractivity contribution in [2.24, 2.45) is 0 Å². The Morgan fingerprint density at radius 1 is 0.429 bits per heavy atom. The van der Waals surface area contributed by atoms with E-state index >= 15 is 0 Å². The molecule has 0 N–H and O–H groups in total. The van der Waals surface area contributed by atoms with Crippen molar-refractivity contribution < 1.29 is 0 Å². The summed E-state index contributed by atoms with van der Waals surface area (Å²) in [6.45, 7) is 0. The fourth-order valence-electron chi connectivity index (χ4n) is 3.49. The van der Waals surface area contributed by atoms with Gasteiger partial charge in [0.25, 0.3) is 0 Å². The highest BCUT2D eigenvalue weighted by atomic mass is 79.9. The maximum absolute atomic E-state index is 3.36. The summed E-state index contributed by atoms with van der Waals surface area (Å²) >= 11 is 3.36. The summed E-state index contributed by atoms with van der Waals surface area (Å²) in [5.41, 5.74) is 3.94. The van der Waals surface area contributed by atoms with Crippen LogP contribution in [0.1, 0.15) is 5.56 Å². The van der Waals surface area contributed by atoms with Crippen LogP contribution in [0.25, 0.3) is 32.7 Å². The Morgan fingerprint density at radius 2 is 0.857 bits per heavy atom. The molecule has 0 aromatic heterocycles. The van der Waals surface area contributed by atoms with E-state index in [0.717, 1.165) is 5.33 Å². The maximum atomic E-state index is 3.36. The number of alkyl halides is 1. The molecule has 136 valence electrons. The van der Waals surface area contributed by atoms with E-state index < -0.39 is 0 Å². The largest absolute Gasteiger partial charge is 0.0876 e. The third-order valence-electron chi connectivity index (χ3n) is 4.87. The summed E-state index contributed by atoms with van der Waals surface area (Å²) in [6, 6.07) is 40.5. The van der Waals surface area contributed by atoms with Crippen LogP contribution >= 0.6 is 15.9 Å². The fraction of sp³-hybridized carbons (Fsp3) is 0.0370. The molecule has 1 heteroatoms. The van der Waals surface area contributed by atoms with Crippen LogP contribution in [0, 0.1) is 0 Å². The average Bonchev–Trinajstić information content (AvgIpc) is 2.79. The van der Waals surface area contributed by atoms with Crippen LogP contribution < -0.4 is 0 Å². The number of halogens is 1. The van der Waals surface area contributed by atoms with Gasteiger partial charge in [0, 0.05) is 5.33 Å². The molecule has 0 fully saturated rings. The molecule has 0 radical (unpaired) electrons. The zero-order valence-electron chi connectivity index (χ0n) is 15.6. The lowest BCUT2D eigenvalue weighted by molar-refractivity contribution is 1.44. The third-order valence-corrected chi connectivity index (χ3v) is 5.51. The fourth-order valence-corrected chi connectivity index (χ4v) is 3.86. The van der Waals surface area contributed by atoms with Crippen molar-refractivity contribution in [3.63, 3.8) is 0 Å².